The van der Waals surface area contributed by atoms with E-state index in [1.165, 1.54) is 18.2 Å². The number of amides is 1. The van der Waals surface area contributed by atoms with Gasteiger partial charge in [-0.25, -0.2) is 5.43 Å². The molecule has 2 aromatic rings. The minimum absolute atomic E-state index is 0.0339. The molecule has 1 amide bonds. The van der Waals surface area contributed by atoms with Crippen LogP contribution in [0, 0.1) is 5.92 Å². The Morgan fingerprint density at radius 3 is 2.69 bits per heavy atom. The normalized spacial score (nSPS) is 20.2. The molecule has 0 saturated carbocycles. The molecule has 4 nitrogen and oxygen atoms in total. The van der Waals surface area contributed by atoms with E-state index in [0.29, 0.717) is 11.6 Å². The SMILES string of the molecule is O=C(NCc1ccccc1C(F)(F)F)C1CNNC1c1cccc(Cl)c1. The molecular weight excluding hydrogens is 367 g/mol. The molecule has 2 atom stereocenters. The average Bonchev–Trinajstić information content (AvgIpc) is 3.09. The third-order valence-corrected chi connectivity index (χ3v) is 4.54. The lowest BCUT2D eigenvalue weighted by Crippen LogP contribution is -2.35. The molecule has 8 heteroatoms. The van der Waals surface area contributed by atoms with Crippen LogP contribution in [0.4, 0.5) is 13.2 Å². The second-order valence-corrected chi connectivity index (χ2v) is 6.47. The second-order valence-electron chi connectivity index (χ2n) is 6.04. The largest absolute Gasteiger partial charge is 0.416 e. The number of nitrogens with one attached hydrogen (secondary N) is 3. The lowest BCUT2D eigenvalue weighted by atomic mass is 9.94. The topological polar surface area (TPSA) is 53.2 Å². The van der Waals surface area contributed by atoms with Gasteiger partial charge in [-0.15, -0.1) is 0 Å². The van der Waals surface area contributed by atoms with Crippen LogP contribution in [-0.2, 0) is 17.5 Å². The number of halogens is 4. The zero-order chi connectivity index (χ0) is 18.7. The Bertz CT molecular complexity index is 797. The van der Waals surface area contributed by atoms with E-state index in [0.717, 1.165) is 11.6 Å². The molecule has 1 heterocycles. The first-order valence-electron chi connectivity index (χ1n) is 8.03. The molecule has 1 fully saturated rings. The van der Waals surface area contributed by atoms with E-state index in [1.54, 1.807) is 18.2 Å². The Morgan fingerprint density at radius 1 is 1.19 bits per heavy atom. The van der Waals surface area contributed by atoms with Crippen LogP contribution < -0.4 is 16.2 Å². The molecule has 1 aliphatic rings. The van der Waals surface area contributed by atoms with Crippen LogP contribution in [0.1, 0.15) is 22.7 Å². The van der Waals surface area contributed by atoms with Crippen LogP contribution in [0.2, 0.25) is 5.02 Å². The van der Waals surface area contributed by atoms with Crippen LogP contribution in [0.15, 0.2) is 48.5 Å². The highest BCUT2D eigenvalue weighted by molar-refractivity contribution is 6.30. The van der Waals surface area contributed by atoms with E-state index in [9.17, 15) is 18.0 Å². The minimum atomic E-state index is -4.46. The number of alkyl halides is 3. The van der Waals surface area contributed by atoms with Crippen LogP contribution in [-0.4, -0.2) is 12.5 Å². The third kappa shape index (κ3) is 4.17. The first kappa shape index (κ1) is 18.7. The Morgan fingerprint density at radius 2 is 1.96 bits per heavy atom. The number of carbonyl (C=O) groups is 1. The fraction of sp³-hybridized carbons (Fsp3) is 0.278. The lowest BCUT2D eigenvalue weighted by molar-refractivity contribution is -0.138. The molecule has 26 heavy (non-hydrogen) atoms. The quantitative estimate of drug-likeness (QED) is 0.758. The molecule has 138 valence electrons. The molecule has 1 saturated heterocycles. The van der Waals surface area contributed by atoms with E-state index < -0.39 is 17.7 Å². The van der Waals surface area contributed by atoms with Gasteiger partial charge in [-0.3, -0.25) is 10.2 Å². The van der Waals surface area contributed by atoms with E-state index in [2.05, 4.69) is 16.2 Å². The summed E-state index contributed by atoms with van der Waals surface area (Å²) in [6.45, 7) is 0.178. The molecular formula is C18H17ClF3N3O. The number of carbonyl (C=O) groups excluding carboxylic acids is 1. The zero-order valence-corrected chi connectivity index (χ0v) is 14.4. The highest BCUT2D eigenvalue weighted by atomic mass is 35.5. The van der Waals surface area contributed by atoms with Gasteiger partial charge in [0.2, 0.25) is 5.91 Å². The van der Waals surface area contributed by atoms with Crippen molar-refractivity contribution in [2.24, 2.45) is 5.92 Å². The number of hydrazine groups is 1. The number of hydrogen-bond acceptors (Lipinski definition) is 3. The van der Waals surface area contributed by atoms with Gasteiger partial charge < -0.3 is 5.32 Å². The maximum Gasteiger partial charge on any atom is 0.416 e. The molecule has 2 aromatic carbocycles. The summed E-state index contributed by atoms with van der Waals surface area (Å²) in [5.74, 6) is -0.795. The van der Waals surface area contributed by atoms with Crippen molar-refractivity contribution >= 4 is 17.5 Å². The smallest absolute Gasteiger partial charge is 0.352 e. The van der Waals surface area contributed by atoms with Crippen LogP contribution in [0.25, 0.3) is 0 Å². The van der Waals surface area contributed by atoms with Gasteiger partial charge in [0.25, 0.3) is 0 Å². The van der Waals surface area contributed by atoms with Crippen molar-refractivity contribution in [3.63, 3.8) is 0 Å². The van der Waals surface area contributed by atoms with Gasteiger partial charge in [-0.1, -0.05) is 41.9 Å². The highest BCUT2D eigenvalue weighted by Crippen LogP contribution is 2.32. The molecule has 2 unspecified atom stereocenters. The molecule has 0 spiro atoms. The Hall–Kier alpha value is -2.09. The average molecular weight is 384 g/mol. The summed E-state index contributed by atoms with van der Waals surface area (Å²) in [4.78, 5) is 12.5. The fourth-order valence-electron chi connectivity index (χ4n) is 3.02. The van der Waals surface area contributed by atoms with Crippen LogP contribution in [0.3, 0.4) is 0 Å². The predicted molar refractivity (Wildman–Crippen MR) is 92.1 cm³/mol. The van der Waals surface area contributed by atoms with Crippen molar-refractivity contribution in [3.05, 3.63) is 70.2 Å². The number of benzene rings is 2. The molecule has 3 N–H and O–H groups in total. The highest BCUT2D eigenvalue weighted by Gasteiger charge is 2.35. The summed E-state index contributed by atoms with van der Waals surface area (Å²) in [6.07, 6.45) is -4.46. The Kier molecular flexibility index (Phi) is 5.50. The van der Waals surface area contributed by atoms with Crippen molar-refractivity contribution in [1.82, 2.24) is 16.2 Å². The summed E-state index contributed by atoms with van der Waals surface area (Å²) in [7, 11) is 0. The summed E-state index contributed by atoms with van der Waals surface area (Å²) in [5.41, 5.74) is 6.06. The Balaban J connectivity index is 1.71. The van der Waals surface area contributed by atoms with Gasteiger partial charge in [0, 0.05) is 18.1 Å². The minimum Gasteiger partial charge on any atom is -0.352 e. The lowest BCUT2D eigenvalue weighted by Gasteiger charge is -2.19. The molecule has 0 aromatic heterocycles. The van der Waals surface area contributed by atoms with Crippen LogP contribution in [0.5, 0.6) is 0 Å². The molecule has 1 aliphatic heterocycles. The Labute approximate surface area is 153 Å². The van der Waals surface area contributed by atoms with Crippen molar-refractivity contribution < 1.29 is 18.0 Å². The zero-order valence-electron chi connectivity index (χ0n) is 13.6. The van der Waals surface area contributed by atoms with Gasteiger partial charge in [-0.05, 0) is 29.3 Å². The van der Waals surface area contributed by atoms with Crippen molar-refractivity contribution in [2.75, 3.05) is 6.54 Å². The predicted octanol–water partition coefficient (Wildman–Crippen LogP) is 3.44. The van der Waals surface area contributed by atoms with Crippen LogP contribution >= 0.6 is 11.6 Å². The summed E-state index contributed by atoms with van der Waals surface area (Å²) in [5, 5.41) is 3.17. The number of rotatable bonds is 4. The fourth-order valence-corrected chi connectivity index (χ4v) is 3.22. The van der Waals surface area contributed by atoms with Gasteiger partial charge in [-0.2, -0.15) is 13.2 Å². The van der Waals surface area contributed by atoms with Crippen molar-refractivity contribution in [2.45, 2.75) is 18.8 Å². The first-order valence-corrected chi connectivity index (χ1v) is 8.41. The van der Waals surface area contributed by atoms with Gasteiger partial charge >= 0.3 is 6.18 Å². The van der Waals surface area contributed by atoms with E-state index >= 15 is 0 Å². The molecule has 0 aliphatic carbocycles. The third-order valence-electron chi connectivity index (χ3n) is 4.30. The van der Waals surface area contributed by atoms with Gasteiger partial charge in [0.05, 0.1) is 17.5 Å². The van der Waals surface area contributed by atoms with Crippen molar-refractivity contribution in [1.29, 1.82) is 0 Å². The van der Waals surface area contributed by atoms with Crippen molar-refractivity contribution in [3.8, 4) is 0 Å². The maximum atomic E-state index is 13.0. The number of hydrogen-bond donors (Lipinski definition) is 3. The summed E-state index contributed by atoms with van der Waals surface area (Å²) >= 11 is 6.00. The van der Waals surface area contributed by atoms with E-state index in [-0.39, 0.29) is 24.1 Å². The summed E-state index contributed by atoms with van der Waals surface area (Å²) in [6, 6.07) is 12.0. The van der Waals surface area contributed by atoms with Gasteiger partial charge in [0.1, 0.15) is 0 Å². The van der Waals surface area contributed by atoms with E-state index in [4.69, 9.17) is 11.6 Å². The first-order chi connectivity index (χ1) is 12.4. The maximum absolute atomic E-state index is 13.0. The second kappa shape index (κ2) is 7.65. The van der Waals surface area contributed by atoms with E-state index in [1.807, 2.05) is 6.07 Å². The standard InChI is InChI=1S/C18H17ClF3N3O/c19-13-6-3-5-11(8-13)16-14(10-24-25-16)17(26)23-9-12-4-1-2-7-15(12)18(20,21)22/h1-8,14,16,24-25H,9-10H2,(H,23,26). The molecule has 0 bridgehead atoms. The molecule has 0 radical (unpaired) electrons. The monoisotopic (exact) mass is 383 g/mol. The summed E-state index contributed by atoms with van der Waals surface area (Å²) < 4.78 is 39.1. The van der Waals surface area contributed by atoms with Gasteiger partial charge in [0.15, 0.2) is 0 Å². The molecule has 3 rings (SSSR count).